The molecule has 1 aromatic carbocycles. The molecular formula is C16H15Br2F3N2OS. The van der Waals surface area contributed by atoms with Crippen molar-refractivity contribution < 1.29 is 17.9 Å². The molecular weight excluding hydrogens is 485 g/mol. The number of nitrogens with one attached hydrogen (secondary N) is 1. The minimum atomic E-state index is -4.68. The van der Waals surface area contributed by atoms with Crippen LogP contribution in [0.4, 0.5) is 13.2 Å². The van der Waals surface area contributed by atoms with Gasteiger partial charge in [-0.1, -0.05) is 12.1 Å². The molecule has 2 aromatic rings. The van der Waals surface area contributed by atoms with E-state index >= 15 is 0 Å². The topological polar surface area (TPSA) is 24.5 Å². The van der Waals surface area contributed by atoms with E-state index in [1.165, 1.54) is 12.1 Å². The smallest absolute Gasteiger partial charge is 0.406 e. The van der Waals surface area contributed by atoms with Crippen molar-refractivity contribution in [3.8, 4) is 5.75 Å². The summed E-state index contributed by atoms with van der Waals surface area (Å²) in [6.45, 7) is 3.52. The minimum absolute atomic E-state index is 0.00497. The van der Waals surface area contributed by atoms with E-state index in [0.717, 1.165) is 44.9 Å². The predicted molar refractivity (Wildman–Crippen MR) is 99.1 cm³/mol. The zero-order valence-electron chi connectivity index (χ0n) is 12.9. The van der Waals surface area contributed by atoms with Gasteiger partial charge in [-0.3, -0.25) is 4.90 Å². The Morgan fingerprint density at radius 2 is 1.76 bits per heavy atom. The zero-order valence-corrected chi connectivity index (χ0v) is 16.9. The SMILES string of the molecule is FC(F)(F)Oc1ccc([C@@H](c2cc(Br)c(Br)s2)N2CCNCC2)cc1. The summed E-state index contributed by atoms with van der Waals surface area (Å²) in [5.41, 5.74) is 0.942. The van der Waals surface area contributed by atoms with E-state index < -0.39 is 6.36 Å². The van der Waals surface area contributed by atoms with Crippen LogP contribution in [0, 0.1) is 0 Å². The molecule has 1 aliphatic heterocycles. The fraction of sp³-hybridized carbons (Fsp3) is 0.375. The Hall–Kier alpha value is -0.610. The van der Waals surface area contributed by atoms with E-state index in [0.29, 0.717) is 0 Å². The van der Waals surface area contributed by atoms with Gasteiger partial charge in [-0.05, 0) is 55.6 Å². The van der Waals surface area contributed by atoms with Gasteiger partial charge in [-0.15, -0.1) is 24.5 Å². The van der Waals surface area contributed by atoms with E-state index in [2.05, 4.69) is 52.9 Å². The molecule has 0 bridgehead atoms. The maximum Gasteiger partial charge on any atom is 0.573 e. The summed E-state index contributed by atoms with van der Waals surface area (Å²) in [6, 6.07) is 8.20. The summed E-state index contributed by atoms with van der Waals surface area (Å²) >= 11 is 8.66. The third-order valence-corrected chi connectivity index (χ3v) is 7.19. The average molecular weight is 500 g/mol. The number of benzene rings is 1. The van der Waals surface area contributed by atoms with Gasteiger partial charge in [0, 0.05) is 35.5 Å². The van der Waals surface area contributed by atoms with Crippen molar-refractivity contribution in [3.05, 3.63) is 49.0 Å². The van der Waals surface area contributed by atoms with Crippen molar-refractivity contribution in [1.82, 2.24) is 10.2 Å². The Balaban J connectivity index is 1.91. The molecule has 0 amide bonds. The van der Waals surface area contributed by atoms with E-state index in [1.807, 2.05) is 0 Å². The van der Waals surface area contributed by atoms with Crippen LogP contribution in [0.3, 0.4) is 0 Å². The van der Waals surface area contributed by atoms with Crippen molar-refractivity contribution in [2.24, 2.45) is 0 Å². The van der Waals surface area contributed by atoms with Gasteiger partial charge in [0.15, 0.2) is 0 Å². The second-order valence-corrected chi connectivity index (χ2v) is 8.83. The summed E-state index contributed by atoms with van der Waals surface area (Å²) in [7, 11) is 0. The Labute approximate surface area is 164 Å². The highest BCUT2D eigenvalue weighted by molar-refractivity contribution is 9.13. The molecule has 1 aliphatic rings. The first-order valence-corrected chi connectivity index (χ1v) is 9.99. The molecule has 1 atom stereocenters. The van der Waals surface area contributed by atoms with Crippen LogP contribution in [0.2, 0.25) is 0 Å². The number of rotatable bonds is 4. The number of hydrogen-bond acceptors (Lipinski definition) is 4. The maximum atomic E-state index is 12.4. The average Bonchev–Trinajstić information content (AvgIpc) is 2.88. The Kier molecular flexibility index (Phi) is 6.10. The highest BCUT2D eigenvalue weighted by atomic mass is 79.9. The molecule has 0 unspecified atom stereocenters. The summed E-state index contributed by atoms with van der Waals surface area (Å²) in [5, 5.41) is 3.32. The highest BCUT2D eigenvalue weighted by Crippen LogP contribution is 2.40. The number of alkyl halides is 3. The van der Waals surface area contributed by atoms with Crippen LogP contribution in [-0.2, 0) is 0 Å². The van der Waals surface area contributed by atoms with Crippen LogP contribution in [0.25, 0.3) is 0 Å². The quantitative estimate of drug-likeness (QED) is 0.628. The Morgan fingerprint density at radius 1 is 1.12 bits per heavy atom. The number of hydrogen-bond donors (Lipinski definition) is 1. The maximum absolute atomic E-state index is 12.4. The fourth-order valence-electron chi connectivity index (χ4n) is 2.85. The molecule has 25 heavy (non-hydrogen) atoms. The zero-order chi connectivity index (χ0) is 18.0. The van der Waals surface area contributed by atoms with Crippen LogP contribution < -0.4 is 10.1 Å². The molecule has 2 heterocycles. The molecule has 1 N–H and O–H groups in total. The van der Waals surface area contributed by atoms with Crippen molar-refractivity contribution in [1.29, 1.82) is 0 Å². The van der Waals surface area contributed by atoms with Crippen LogP contribution >= 0.6 is 43.2 Å². The lowest BCUT2D eigenvalue weighted by Crippen LogP contribution is -2.45. The Morgan fingerprint density at radius 3 is 2.28 bits per heavy atom. The third kappa shape index (κ3) is 4.97. The lowest BCUT2D eigenvalue weighted by atomic mass is 10.0. The number of nitrogens with zero attached hydrogens (tertiary/aromatic N) is 1. The van der Waals surface area contributed by atoms with E-state index in [4.69, 9.17) is 0 Å². The number of halogens is 5. The van der Waals surface area contributed by atoms with Gasteiger partial charge in [0.25, 0.3) is 0 Å². The standard InChI is InChI=1S/C16H15Br2F3N2OS/c17-12-9-13(25-15(12)18)14(23-7-5-22-6-8-23)10-1-3-11(4-2-10)24-16(19,20)21/h1-4,9,14,22H,5-8H2/t14-/m0/s1. The molecule has 9 heteroatoms. The lowest BCUT2D eigenvalue weighted by molar-refractivity contribution is -0.274. The molecule has 3 nitrogen and oxygen atoms in total. The summed E-state index contributed by atoms with van der Waals surface area (Å²) < 4.78 is 43.0. The highest BCUT2D eigenvalue weighted by Gasteiger charge is 2.31. The van der Waals surface area contributed by atoms with Crippen LogP contribution in [0.5, 0.6) is 5.75 Å². The van der Waals surface area contributed by atoms with Crippen molar-refractivity contribution in [2.75, 3.05) is 26.2 Å². The van der Waals surface area contributed by atoms with Crippen molar-refractivity contribution >= 4 is 43.2 Å². The monoisotopic (exact) mass is 498 g/mol. The molecule has 0 radical (unpaired) electrons. The second kappa shape index (κ2) is 7.96. The first-order valence-electron chi connectivity index (χ1n) is 7.59. The largest absolute Gasteiger partial charge is 0.573 e. The van der Waals surface area contributed by atoms with Gasteiger partial charge in [0.05, 0.1) is 9.83 Å². The van der Waals surface area contributed by atoms with Gasteiger partial charge in [-0.25, -0.2) is 0 Å². The number of thiophene rings is 1. The molecule has 0 aliphatic carbocycles. The van der Waals surface area contributed by atoms with Gasteiger partial charge in [0.1, 0.15) is 5.75 Å². The summed E-state index contributed by atoms with van der Waals surface area (Å²) in [4.78, 5) is 3.46. The Bertz CT molecular complexity index is 696. The molecule has 1 saturated heterocycles. The van der Waals surface area contributed by atoms with E-state index in [1.54, 1.807) is 23.5 Å². The van der Waals surface area contributed by atoms with Gasteiger partial charge < -0.3 is 10.1 Å². The van der Waals surface area contributed by atoms with Gasteiger partial charge in [-0.2, -0.15) is 0 Å². The van der Waals surface area contributed by atoms with Crippen molar-refractivity contribution in [2.45, 2.75) is 12.4 Å². The van der Waals surface area contributed by atoms with Crippen molar-refractivity contribution in [3.63, 3.8) is 0 Å². The van der Waals surface area contributed by atoms with Crippen LogP contribution in [0.15, 0.2) is 38.6 Å². The van der Waals surface area contributed by atoms with E-state index in [-0.39, 0.29) is 11.8 Å². The normalized spacial score (nSPS) is 17.5. The number of ether oxygens (including phenoxy) is 1. The van der Waals surface area contributed by atoms with Gasteiger partial charge >= 0.3 is 6.36 Å². The molecule has 3 rings (SSSR count). The first-order chi connectivity index (χ1) is 11.8. The molecule has 0 spiro atoms. The second-order valence-electron chi connectivity index (χ2n) is 5.58. The predicted octanol–water partition coefficient (Wildman–Crippen LogP) is 5.17. The first kappa shape index (κ1) is 19.2. The fourth-order valence-corrected chi connectivity index (χ4v) is 5.10. The lowest BCUT2D eigenvalue weighted by Gasteiger charge is -2.34. The summed E-state index contributed by atoms with van der Waals surface area (Å²) in [5.74, 6) is -0.205. The minimum Gasteiger partial charge on any atom is -0.406 e. The van der Waals surface area contributed by atoms with Gasteiger partial charge in [0.2, 0.25) is 0 Å². The molecule has 0 saturated carbocycles. The molecule has 1 fully saturated rings. The molecule has 136 valence electrons. The number of piperazine rings is 1. The van der Waals surface area contributed by atoms with Crippen LogP contribution in [-0.4, -0.2) is 37.4 Å². The summed E-state index contributed by atoms with van der Waals surface area (Å²) in [6.07, 6.45) is -4.68. The third-order valence-electron chi connectivity index (χ3n) is 3.88. The van der Waals surface area contributed by atoms with Crippen LogP contribution in [0.1, 0.15) is 16.5 Å². The molecule has 1 aromatic heterocycles. The van der Waals surface area contributed by atoms with E-state index in [9.17, 15) is 13.2 Å².